The molecule has 1 amide bonds. The van der Waals surface area contributed by atoms with Gasteiger partial charge in [-0.3, -0.25) is 4.79 Å². The first kappa shape index (κ1) is 17.9. The molecule has 25 heavy (non-hydrogen) atoms. The maximum atomic E-state index is 12.7. The van der Waals surface area contributed by atoms with E-state index < -0.39 is 0 Å². The molecule has 0 aliphatic heterocycles. The van der Waals surface area contributed by atoms with Crippen LogP contribution in [0.25, 0.3) is 10.2 Å². The molecule has 3 rings (SSSR count). The van der Waals surface area contributed by atoms with Crippen LogP contribution in [0.5, 0.6) is 0 Å². The van der Waals surface area contributed by atoms with Gasteiger partial charge < -0.3 is 11.1 Å². The fraction of sp³-hybridized carbons (Fsp3) is 0.263. The molecule has 0 aliphatic rings. The summed E-state index contributed by atoms with van der Waals surface area (Å²) >= 11 is 4.82. The number of anilines is 2. The van der Waals surface area contributed by atoms with Crippen molar-refractivity contribution in [2.45, 2.75) is 27.2 Å². The molecule has 1 aromatic carbocycles. The number of benzene rings is 1. The fourth-order valence-electron chi connectivity index (χ4n) is 2.64. The van der Waals surface area contributed by atoms with Gasteiger partial charge in [0, 0.05) is 15.6 Å². The smallest absolute Gasteiger partial charge is 0.267 e. The van der Waals surface area contributed by atoms with Gasteiger partial charge in [0.25, 0.3) is 5.91 Å². The lowest BCUT2D eigenvalue weighted by Crippen LogP contribution is -2.12. The summed E-state index contributed by atoms with van der Waals surface area (Å²) in [6.07, 6.45) is 0.908. The molecular weight excluding hydrogens is 398 g/mol. The minimum atomic E-state index is -0.213. The molecule has 2 aromatic heterocycles. The molecule has 0 saturated heterocycles. The maximum absolute atomic E-state index is 12.7. The van der Waals surface area contributed by atoms with E-state index in [0.29, 0.717) is 16.5 Å². The van der Waals surface area contributed by atoms with Crippen molar-refractivity contribution in [3.8, 4) is 0 Å². The Bertz CT molecular complexity index is 949. The number of amides is 1. The third kappa shape index (κ3) is 3.85. The number of halogens is 1. The van der Waals surface area contributed by atoms with Crippen molar-refractivity contribution < 1.29 is 4.79 Å². The number of hydrogen-bond donors (Lipinski definition) is 2. The van der Waals surface area contributed by atoms with Crippen LogP contribution in [0.15, 0.2) is 34.8 Å². The van der Waals surface area contributed by atoms with Crippen LogP contribution in [0.1, 0.15) is 34.8 Å². The molecule has 0 fully saturated rings. The first-order valence-electron chi connectivity index (χ1n) is 8.10. The van der Waals surface area contributed by atoms with E-state index in [9.17, 15) is 4.79 Å². The zero-order chi connectivity index (χ0) is 18.1. The summed E-state index contributed by atoms with van der Waals surface area (Å²) in [5.41, 5.74) is 9.56. The summed E-state index contributed by atoms with van der Waals surface area (Å²) in [7, 11) is 0. The number of nitrogen functional groups attached to an aromatic ring is 1. The molecule has 0 aliphatic carbocycles. The van der Waals surface area contributed by atoms with E-state index in [-0.39, 0.29) is 5.91 Å². The Morgan fingerprint density at radius 2 is 2.08 bits per heavy atom. The summed E-state index contributed by atoms with van der Waals surface area (Å²) in [6, 6.07) is 9.74. The molecule has 130 valence electrons. The second-order valence-corrected chi connectivity index (χ2v) is 8.39. The van der Waals surface area contributed by atoms with Crippen LogP contribution in [-0.4, -0.2) is 10.9 Å². The molecule has 0 saturated carbocycles. The van der Waals surface area contributed by atoms with Gasteiger partial charge in [-0.05, 0) is 65.0 Å². The van der Waals surface area contributed by atoms with E-state index >= 15 is 0 Å². The van der Waals surface area contributed by atoms with Crippen LogP contribution in [-0.2, 0) is 6.42 Å². The minimum absolute atomic E-state index is 0.213. The number of carbonyl (C=O) groups is 1. The van der Waals surface area contributed by atoms with Crippen LogP contribution in [0, 0.1) is 12.8 Å². The van der Waals surface area contributed by atoms with Gasteiger partial charge in [0.05, 0.1) is 11.4 Å². The van der Waals surface area contributed by atoms with Crippen molar-refractivity contribution in [3.63, 3.8) is 0 Å². The summed E-state index contributed by atoms with van der Waals surface area (Å²) in [6.45, 7) is 6.32. The van der Waals surface area contributed by atoms with Crippen molar-refractivity contribution in [1.82, 2.24) is 4.98 Å². The molecule has 0 radical (unpaired) electrons. The number of aryl methyl sites for hydroxylation is 1. The lowest BCUT2D eigenvalue weighted by atomic mass is 10.1. The van der Waals surface area contributed by atoms with Gasteiger partial charge in [-0.15, -0.1) is 11.3 Å². The lowest BCUT2D eigenvalue weighted by molar-refractivity contribution is 0.103. The molecular formula is C19H20BrN3OS. The highest BCUT2D eigenvalue weighted by Gasteiger charge is 2.18. The Labute approximate surface area is 159 Å². The molecule has 2 heterocycles. The van der Waals surface area contributed by atoms with Gasteiger partial charge in [0.15, 0.2) is 0 Å². The van der Waals surface area contributed by atoms with Crippen LogP contribution in [0.4, 0.5) is 11.4 Å². The van der Waals surface area contributed by atoms with Gasteiger partial charge in [0.2, 0.25) is 0 Å². The predicted octanol–water partition coefficient (Wildman–Crippen LogP) is 5.40. The number of hydrogen-bond acceptors (Lipinski definition) is 4. The first-order valence-corrected chi connectivity index (χ1v) is 9.71. The van der Waals surface area contributed by atoms with E-state index in [0.717, 1.165) is 38.1 Å². The van der Waals surface area contributed by atoms with Crippen molar-refractivity contribution in [3.05, 3.63) is 50.9 Å². The molecule has 3 N–H and O–H groups in total. The second kappa shape index (κ2) is 7.14. The van der Waals surface area contributed by atoms with E-state index in [1.165, 1.54) is 11.3 Å². The Hall–Kier alpha value is -1.92. The molecule has 0 spiro atoms. The van der Waals surface area contributed by atoms with Crippen molar-refractivity contribution in [2.75, 3.05) is 11.1 Å². The van der Waals surface area contributed by atoms with Gasteiger partial charge in [-0.1, -0.05) is 19.9 Å². The summed E-state index contributed by atoms with van der Waals surface area (Å²) in [5, 5.41) is 3.76. The average Bonchev–Trinajstić information content (AvgIpc) is 2.86. The van der Waals surface area contributed by atoms with Crippen LogP contribution < -0.4 is 11.1 Å². The Morgan fingerprint density at radius 1 is 1.32 bits per heavy atom. The second-order valence-electron chi connectivity index (χ2n) is 6.54. The lowest BCUT2D eigenvalue weighted by Gasteiger charge is -2.07. The Morgan fingerprint density at radius 3 is 2.76 bits per heavy atom. The van der Waals surface area contributed by atoms with E-state index in [4.69, 9.17) is 5.73 Å². The van der Waals surface area contributed by atoms with Gasteiger partial charge in [0.1, 0.15) is 9.71 Å². The van der Waals surface area contributed by atoms with E-state index in [2.05, 4.69) is 40.1 Å². The Kier molecular flexibility index (Phi) is 5.11. The van der Waals surface area contributed by atoms with Crippen LogP contribution in [0.2, 0.25) is 0 Å². The van der Waals surface area contributed by atoms with Crippen LogP contribution >= 0.6 is 27.3 Å². The molecule has 0 atom stereocenters. The standard InChI is InChI=1S/C19H20BrN3OS/c1-10(2)8-12-5-6-13-16(21)17(25-19(13)22-12)18(24)23-15-7-4-11(3)9-14(15)20/h4-7,9-10H,8,21H2,1-3H3,(H,23,24). The zero-order valence-corrected chi connectivity index (χ0v) is 16.8. The third-order valence-electron chi connectivity index (χ3n) is 3.85. The van der Waals surface area contributed by atoms with Crippen molar-refractivity contribution in [2.24, 2.45) is 5.92 Å². The topological polar surface area (TPSA) is 68.0 Å². The molecule has 0 bridgehead atoms. The number of nitrogens with one attached hydrogen (secondary N) is 1. The number of pyridine rings is 1. The summed E-state index contributed by atoms with van der Waals surface area (Å²) in [4.78, 5) is 18.6. The Balaban J connectivity index is 1.92. The third-order valence-corrected chi connectivity index (χ3v) is 5.62. The average molecular weight is 418 g/mol. The largest absolute Gasteiger partial charge is 0.397 e. The zero-order valence-electron chi connectivity index (χ0n) is 14.4. The van der Waals surface area contributed by atoms with E-state index in [1.807, 2.05) is 37.3 Å². The predicted molar refractivity (Wildman–Crippen MR) is 109 cm³/mol. The van der Waals surface area contributed by atoms with Gasteiger partial charge in [-0.2, -0.15) is 0 Å². The number of thiophene rings is 1. The van der Waals surface area contributed by atoms with Crippen LogP contribution in [0.3, 0.4) is 0 Å². The number of nitrogens with zero attached hydrogens (tertiary/aromatic N) is 1. The van der Waals surface area contributed by atoms with Crippen molar-refractivity contribution in [1.29, 1.82) is 0 Å². The number of carbonyl (C=O) groups excluding carboxylic acids is 1. The quantitative estimate of drug-likeness (QED) is 0.596. The maximum Gasteiger partial charge on any atom is 0.267 e. The highest BCUT2D eigenvalue weighted by atomic mass is 79.9. The number of nitrogens with two attached hydrogens (primary N) is 1. The summed E-state index contributed by atoms with van der Waals surface area (Å²) < 4.78 is 0.845. The number of rotatable bonds is 4. The highest BCUT2D eigenvalue weighted by Crippen LogP contribution is 2.34. The first-order chi connectivity index (χ1) is 11.8. The monoisotopic (exact) mass is 417 g/mol. The van der Waals surface area contributed by atoms with Gasteiger partial charge >= 0.3 is 0 Å². The number of aromatic nitrogens is 1. The van der Waals surface area contributed by atoms with E-state index in [1.54, 1.807) is 0 Å². The summed E-state index contributed by atoms with van der Waals surface area (Å²) in [5.74, 6) is 0.319. The number of fused-ring (bicyclic) bond motifs is 1. The molecule has 0 unspecified atom stereocenters. The fourth-order valence-corrected chi connectivity index (χ4v) is 4.24. The van der Waals surface area contributed by atoms with Gasteiger partial charge in [-0.25, -0.2) is 4.98 Å². The normalized spacial score (nSPS) is 11.2. The molecule has 6 heteroatoms. The molecule has 4 nitrogen and oxygen atoms in total. The van der Waals surface area contributed by atoms with Crippen molar-refractivity contribution >= 4 is 54.8 Å². The minimum Gasteiger partial charge on any atom is -0.397 e. The molecule has 3 aromatic rings. The SMILES string of the molecule is Cc1ccc(NC(=O)c2sc3nc(CC(C)C)ccc3c2N)c(Br)c1. The highest BCUT2D eigenvalue weighted by molar-refractivity contribution is 9.10.